The molecule has 2 aromatic rings. The molecule has 1 aromatic heterocycles. The number of amides is 1. The van der Waals surface area contributed by atoms with Crippen molar-refractivity contribution < 1.29 is 14.3 Å². The predicted octanol–water partition coefficient (Wildman–Crippen LogP) is 2.29. The molecule has 1 aromatic carbocycles. The van der Waals surface area contributed by atoms with Gasteiger partial charge >= 0.3 is 0 Å². The van der Waals surface area contributed by atoms with Crippen LogP contribution in [0.2, 0.25) is 0 Å². The van der Waals surface area contributed by atoms with Gasteiger partial charge in [-0.1, -0.05) is 0 Å². The average Bonchev–Trinajstić information content (AvgIpc) is 2.71. The third kappa shape index (κ3) is 5.94. The SMILES string of the molecule is CCOc1ccc(Nc2ccnc(C(=O)NCCN3CCOCC3)c2)cc1. The molecular weight excluding hydrogens is 344 g/mol. The van der Waals surface area contributed by atoms with E-state index in [2.05, 4.69) is 20.5 Å². The van der Waals surface area contributed by atoms with E-state index < -0.39 is 0 Å². The fourth-order valence-electron chi connectivity index (χ4n) is 2.84. The Hall–Kier alpha value is -2.64. The van der Waals surface area contributed by atoms with Gasteiger partial charge in [-0.3, -0.25) is 14.7 Å². The van der Waals surface area contributed by atoms with Crippen molar-refractivity contribution in [3.63, 3.8) is 0 Å². The van der Waals surface area contributed by atoms with Gasteiger partial charge in [0.2, 0.25) is 0 Å². The molecule has 0 bridgehead atoms. The van der Waals surface area contributed by atoms with Gasteiger partial charge in [0, 0.05) is 43.8 Å². The van der Waals surface area contributed by atoms with E-state index >= 15 is 0 Å². The van der Waals surface area contributed by atoms with Crippen LogP contribution in [0, 0.1) is 0 Å². The summed E-state index contributed by atoms with van der Waals surface area (Å²) in [7, 11) is 0. The Balaban J connectivity index is 1.52. The molecule has 1 aliphatic rings. The molecule has 3 rings (SSSR count). The third-order valence-electron chi connectivity index (χ3n) is 4.26. The first-order valence-electron chi connectivity index (χ1n) is 9.29. The maximum atomic E-state index is 12.3. The molecular formula is C20H26N4O3. The highest BCUT2D eigenvalue weighted by Crippen LogP contribution is 2.20. The summed E-state index contributed by atoms with van der Waals surface area (Å²) in [5.74, 6) is 0.664. The highest BCUT2D eigenvalue weighted by Gasteiger charge is 2.12. The summed E-state index contributed by atoms with van der Waals surface area (Å²) in [5.41, 5.74) is 2.13. The molecule has 0 unspecified atom stereocenters. The van der Waals surface area contributed by atoms with E-state index in [9.17, 15) is 4.79 Å². The molecule has 0 spiro atoms. The maximum absolute atomic E-state index is 12.3. The van der Waals surface area contributed by atoms with Gasteiger partial charge in [-0.25, -0.2) is 0 Å². The van der Waals surface area contributed by atoms with Crippen LogP contribution in [0.25, 0.3) is 0 Å². The molecule has 7 nitrogen and oxygen atoms in total. The molecule has 27 heavy (non-hydrogen) atoms. The van der Waals surface area contributed by atoms with Crippen LogP contribution in [-0.4, -0.2) is 61.8 Å². The molecule has 7 heteroatoms. The Bertz CT molecular complexity index is 730. The van der Waals surface area contributed by atoms with E-state index in [1.165, 1.54) is 0 Å². The van der Waals surface area contributed by atoms with E-state index in [1.54, 1.807) is 12.3 Å². The number of rotatable bonds is 8. The zero-order chi connectivity index (χ0) is 18.9. The van der Waals surface area contributed by atoms with E-state index in [-0.39, 0.29) is 5.91 Å². The van der Waals surface area contributed by atoms with Crippen LogP contribution in [0.5, 0.6) is 5.75 Å². The Kier molecular flexibility index (Phi) is 7.01. The normalized spacial score (nSPS) is 14.6. The Labute approximate surface area is 159 Å². The maximum Gasteiger partial charge on any atom is 0.269 e. The minimum atomic E-state index is -0.168. The second kappa shape index (κ2) is 9.89. The van der Waals surface area contributed by atoms with Crippen molar-refractivity contribution in [3.8, 4) is 5.75 Å². The molecule has 1 amide bonds. The lowest BCUT2D eigenvalue weighted by molar-refractivity contribution is 0.0383. The minimum Gasteiger partial charge on any atom is -0.494 e. The van der Waals surface area contributed by atoms with Crippen LogP contribution in [0.3, 0.4) is 0 Å². The summed E-state index contributed by atoms with van der Waals surface area (Å²) in [6.45, 7) is 7.35. The van der Waals surface area contributed by atoms with Crippen LogP contribution in [-0.2, 0) is 4.74 Å². The van der Waals surface area contributed by atoms with Gasteiger partial charge in [-0.05, 0) is 43.3 Å². The Morgan fingerprint density at radius 2 is 1.96 bits per heavy atom. The zero-order valence-corrected chi connectivity index (χ0v) is 15.6. The molecule has 0 atom stereocenters. The molecule has 1 fully saturated rings. The number of carbonyl (C=O) groups is 1. The lowest BCUT2D eigenvalue weighted by Crippen LogP contribution is -2.41. The van der Waals surface area contributed by atoms with Crippen LogP contribution >= 0.6 is 0 Å². The quantitative estimate of drug-likeness (QED) is 0.743. The van der Waals surface area contributed by atoms with Gasteiger partial charge < -0.3 is 20.1 Å². The Morgan fingerprint density at radius 1 is 1.19 bits per heavy atom. The fraction of sp³-hybridized carbons (Fsp3) is 0.400. The topological polar surface area (TPSA) is 75.7 Å². The fourth-order valence-corrected chi connectivity index (χ4v) is 2.84. The first kappa shape index (κ1) is 19.1. The minimum absolute atomic E-state index is 0.168. The highest BCUT2D eigenvalue weighted by molar-refractivity contribution is 5.93. The van der Waals surface area contributed by atoms with E-state index in [0.717, 1.165) is 50.0 Å². The molecule has 0 radical (unpaired) electrons. The van der Waals surface area contributed by atoms with Crippen molar-refractivity contribution in [2.45, 2.75) is 6.92 Å². The summed E-state index contributed by atoms with van der Waals surface area (Å²) in [6, 6.07) is 11.3. The zero-order valence-electron chi connectivity index (χ0n) is 15.6. The number of nitrogens with zero attached hydrogens (tertiary/aromatic N) is 2. The lowest BCUT2D eigenvalue weighted by Gasteiger charge is -2.26. The van der Waals surface area contributed by atoms with Crippen LogP contribution in [0.15, 0.2) is 42.6 Å². The van der Waals surface area contributed by atoms with Crippen molar-refractivity contribution in [2.24, 2.45) is 0 Å². The summed E-state index contributed by atoms with van der Waals surface area (Å²) in [4.78, 5) is 18.8. The van der Waals surface area contributed by atoms with Gasteiger partial charge in [-0.15, -0.1) is 0 Å². The molecule has 1 aliphatic heterocycles. The van der Waals surface area contributed by atoms with E-state index in [0.29, 0.717) is 18.8 Å². The van der Waals surface area contributed by atoms with Crippen molar-refractivity contribution in [3.05, 3.63) is 48.3 Å². The van der Waals surface area contributed by atoms with Crippen molar-refractivity contribution >= 4 is 17.3 Å². The second-order valence-electron chi connectivity index (χ2n) is 6.22. The van der Waals surface area contributed by atoms with Crippen LogP contribution in [0.4, 0.5) is 11.4 Å². The number of nitrogens with one attached hydrogen (secondary N) is 2. The number of benzene rings is 1. The van der Waals surface area contributed by atoms with Gasteiger partial charge in [0.1, 0.15) is 11.4 Å². The van der Waals surface area contributed by atoms with Gasteiger partial charge in [0.25, 0.3) is 5.91 Å². The number of aromatic nitrogens is 1. The standard InChI is InChI=1S/C20H26N4O3/c1-2-27-18-5-3-16(4-6-18)23-17-7-8-21-19(15-17)20(25)22-9-10-24-11-13-26-14-12-24/h3-8,15H,2,9-14H2,1H3,(H,21,23)(H,22,25). The van der Waals surface area contributed by atoms with E-state index in [1.807, 2.05) is 37.3 Å². The first-order valence-corrected chi connectivity index (χ1v) is 9.29. The van der Waals surface area contributed by atoms with Crippen molar-refractivity contribution in [2.75, 3.05) is 51.3 Å². The second-order valence-corrected chi connectivity index (χ2v) is 6.22. The van der Waals surface area contributed by atoms with E-state index in [4.69, 9.17) is 9.47 Å². The van der Waals surface area contributed by atoms with Gasteiger partial charge in [0.15, 0.2) is 0 Å². The number of carbonyl (C=O) groups excluding carboxylic acids is 1. The number of anilines is 2. The van der Waals surface area contributed by atoms with Crippen LogP contribution < -0.4 is 15.4 Å². The number of hydrogen-bond acceptors (Lipinski definition) is 6. The number of ether oxygens (including phenoxy) is 2. The number of morpholine rings is 1. The molecule has 0 saturated carbocycles. The molecule has 1 saturated heterocycles. The molecule has 2 heterocycles. The summed E-state index contributed by atoms with van der Waals surface area (Å²) in [6.07, 6.45) is 1.63. The summed E-state index contributed by atoms with van der Waals surface area (Å²) >= 11 is 0. The largest absolute Gasteiger partial charge is 0.494 e. The van der Waals surface area contributed by atoms with Gasteiger partial charge in [0.05, 0.1) is 19.8 Å². The molecule has 0 aliphatic carbocycles. The van der Waals surface area contributed by atoms with Gasteiger partial charge in [-0.2, -0.15) is 0 Å². The monoisotopic (exact) mass is 370 g/mol. The summed E-state index contributed by atoms with van der Waals surface area (Å²) in [5, 5.41) is 6.21. The first-order chi connectivity index (χ1) is 13.2. The lowest BCUT2D eigenvalue weighted by atomic mass is 10.2. The van der Waals surface area contributed by atoms with Crippen LogP contribution in [0.1, 0.15) is 17.4 Å². The van der Waals surface area contributed by atoms with Crippen molar-refractivity contribution in [1.29, 1.82) is 0 Å². The average molecular weight is 370 g/mol. The Morgan fingerprint density at radius 3 is 2.70 bits per heavy atom. The predicted molar refractivity (Wildman–Crippen MR) is 105 cm³/mol. The molecule has 144 valence electrons. The number of hydrogen-bond donors (Lipinski definition) is 2. The third-order valence-corrected chi connectivity index (χ3v) is 4.26. The van der Waals surface area contributed by atoms with Crippen molar-refractivity contribution in [1.82, 2.24) is 15.2 Å². The smallest absolute Gasteiger partial charge is 0.269 e. The summed E-state index contributed by atoms with van der Waals surface area (Å²) < 4.78 is 10.8. The number of pyridine rings is 1. The molecule has 2 N–H and O–H groups in total. The highest BCUT2D eigenvalue weighted by atomic mass is 16.5.